The number of carbonyl (C=O) groups excluding carboxylic acids is 2. The monoisotopic (exact) mass is 259 g/mol. The molecule has 1 N–H and O–H groups in total. The van der Waals surface area contributed by atoms with Crippen molar-refractivity contribution in [2.24, 2.45) is 11.3 Å². The number of hydrogen-bond donors (Lipinski definition) is 1. The maximum absolute atomic E-state index is 11.8. The first-order chi connectivity index (χ1) is 7.77. The number of imide groups is 1. The highest BCUT2D eigenvalue weighted by atomic mass is 32.2. The zero-order chi connectivity index (χ0) is 12.8. The lowest BCUT2D eigenvalue weighted by molar-refractivity contribution is -0.142. The summed E-state index contributed by atoms with van der Waals surface area (Å²) in [4.78, 5) is 23.2. The van der Waals surface area contributed by atoms with E-state index in [1.165, 1.54) is 6.26 Å². The Morgan fingerprint density at radius 2 is 2.00 bits per heavy atom. The SMILES string of the molecule is CC1C(=O)NC(=O)CC12CCCC2S(C)(=O)=O. The Bertz CT molecular complexity index is 470. The molecule has 2 amide bonds. The molecule has 3 unspecified atom stereocenters. The zero-order valence-corrected chi connectivity index (χ0v) is 10.8. The molecule has 1 saturated heterocycles. The molecule has 2 aliphatic rings. The average Bonchev–Trinajstić information content (AvgIpc) is 2.58. The summed E-state index contributed by atoms with van der Waals surface area (Å²) < 4.78 is 23.6. The first-order valence-corrected chi connectivity index (χ1v) is 7.75. The van der Waals surface area contributed by atoms with Crippen LogP contribution in [0.1, 0.15) is 32.6 Å². The summed E-state index contributed by atoms with van der Waals surface area (Å²) in [5, 5.41) is 1.72. The average molecular weight is 259 g/mol. The van der Waals surface area contributed by atoms with Gasteiger partial charge in [-0.25, -0.2) is 8.42 Å². The summed E-state index contributed by atoms with van der Waals surface area (Å²) in [5.74, 6) is -1.09. The van der Waals surface area contributed by atoms with Gasteiger partial charge in [-0.05, 0) is 12.8 Å². The van der Waals surface area contributed by atoms with Crippen LogP contribution in [0, 0.1) is 11.3 Å². The van der Waals surface area contributed by atoms with Crippen LogP contribution in [0.25, 0.3) is 0 Å². The summed E-state index contributed by atoms with van der Waals surface area (Å²) in [6.07, 6.45) is 3.32. The Kier molecular flexibility index (Phi) is 2.80. The largest absolute Gasteiger partial charge is 0.296 e. The fourth-order valence-electron chi connectivity index (χ4n) is 3.41. The molecule has 0 aromatic carbocycles. The molecule has 1 aliphatic carbocycles. The Morgan fingerprint density at radius 1 is 1.35 bits per heavy atom. The van der Waals surface area contributed by atoms with E-state index in [0.29, 0.717) is 12.8 Å². The van der Waals surface area contributed by atoms with Gasteiger partial charge in [0.2, 0.25) is 11.8 Å². The standard InChI is InChI=1S/C11H17NO4S/c1-7-10(14)12-9(13)6-11(7)5-3-4-8(11)17(2,15)16/h7-8H,3-6H2,1-2H3,(H,12,13,14). The molecule has 0 bridgehead atoms. The van der Waals surface area contributed by atoms with Gasteiger partial charge < -0.3 is 0 Å². The van der Waals surface area contributed by atoms with Crippen LogP contribution in [0.2, 0.25) is 0 Å². The van der Waals surface area contributed by atoms with Crippen LogP contribution in [0.5, 0.6) is 0 Å². The summed E-state index contributed by atoms with van der Waals surface area (Å²) >= 11 is 0. The van der Waals surface area contributed by atoms with Crippen molar-refractivity contribution in [3.63, 3.8) is 0 Å². The fourth-order valence-corrected chi connectivity index (χ4v) is 5.26. The summed E-state index contributed by atoms with van der Waals surface area (Å²) in [6, 6.07) is 0. The predicted molar refractivity (Wildman–Crippen MR) is 61.8 cm³/mol. The number of amides is 2. The number of rotatable bonds is 1. The van der Waals surface area contributed by atoms with Gasteiger partial charge in [-0.15, -0.1) is 0 Å². The molecule has 1 aliphatic heterocycles. The van der Waals surface area contributed by atoms with Gasteiger partial charge in [0, 0.05) is 24.0 Å². The van der Waals surface area contributed by atoms with Crippen molar-refractivity contribution in [1.29, 1.82) is 0 Å². The van der Waals surface area contributed by atoms with E-state index in [1.807, 2.05) is 0 Å². The molecule has 0 aromatic rings. The van der Waals surface area contributed by atoms with Crippen molar-refractivity contribution in [2.75, 3.05) is 6.26 Å². The van der Waals surface area contributed by atoms with Crippen molar-refractivity contribution in [1.82, 2.24) is 5.32 Å². The minimum atomic E-state index is -3.22. The molecular formula is C11H17NO4S. The molecule has 6 heteroatoms. The quantitative estimate of drug-likeness (QED) is 0.685. The van der Waals surface area contributed by atoms with Crippen LogP contribution >= 0.6 is 0 Å². The second kappa shape index (κ2) is 3.80. The predicted octanol–water partition coefficient (Wildman–Crippen LogP) is 0.252. The Hall–Kier alpha value is -0.910. The molecular weight excluding hydrogens is 242 g/mol. The van der Waals surface area contributed by atoms with Crippen molar-refractivity contribution in [3.8, 4) is 0 Å². The minimum absolute atomic E-state index is 0.150. The van der Waals surface area contributed by atoms with E-state index in [4.69, 9.17) is 0 Å². The molecule has 5 nitrogen and oxygen atoms in total. The van der Waals surface area contributed by atoms with Gasteiger partial charge in [-0.1, -0.05) is 13.3 Å². The molecule has 0 aromatic heterocycles. The van der Waals surface area contributed by atoms with E-state index in [-0.39, 0.29) is 18.2 Å². The van der Waals surface area contributed by atoms with Crippen molar-refractivity contribution in [3.05, 3.63) is 0 Å². The van der Waals surface area contributed by atoms with Crippen LogP contribution in [0.15, 0.2) is 0 Å². The molecule has 0 radical (unpaired) electrons. The summed E-state index contributed by atoms with van der Waals surface area (Å²) in [7, 11) is -3.22. The van der Waals surface area contributed by atoms with Crippen LogP contribution < -0.4 is 5.32 Å². The van der Waals surface area contributed by atoms with Crippen LogP contribution in [-0.4, -0.2) is 31.7 Å². The number of carbonyl (C=O) groups is 2. The van der Waals surface area contributed by atoms with E-state index in [9.17, 15) is 18.0 Å². The highest BCUT2D eigenvalue weighted by Crippen LogP contribution is 2.51. The van der Waals surface area contributed by atoms with Crippen LogP contribution in [0.4, 0.5) is 0 Å². The Labute approximate surface area is 101 Å². The molecule has 2 fully saturated rings. The van der Waals surface area contributed by atoms with E-state index in [1.54, 1.807) is 6.92 Å². The van der Waals surface area contributed by atoms with Gasteiger partial charge in [-0.3, -0.25) is 14.9 Å². The third-order valence-corrected chi connectivity index (χ3v) is 6.01. The van der Waals surface area contributed by atoms with E-state index < -0.39 is 26.4 Å². The number of nitrogens with one attached hydrogen (secondary N) is 1. The van der Waals surface area contributed by atoms with Gasteiger partial charge in [0.25, 0.3) is 0 Å². The number of sulfone groups is 1. The highest BCUT2D eigenvalue weighted by molar-refractivity contribution is 7.91. The highest BCUT2D eigenvalue weighted by Gasteiger charge is 2.56. The van der Waals surface area contributed by atoms with Gasteiger partial charge in [0.15, 0.2) is 9.84 Å². The van der Waals surface area contributed by atoms with Gasteiger partial charge in [0.1, 0.15) is 0 Å². The molecule has 1 saturated carbocycles. The van der Waals surface area contributed by atoms with E-state index >= 15 is 0 Å². The Balaban J connectivity index is 2.45. The second-order valence-electron chi connectivity index (χ2n) is 5.25. The van der Waals surface area contributed by atoms with Crippen LogP contribution in [-0.2, 0) is 19.4 Å². The van der Waals surface area contributed by atoms with Crippen molar-refractivity contribution in [2.45, 2.75) is 37.9 Å². The second-order valence-corrected chi connectivity index (χ2v) is 7.48. The third kappa shape index (κ3) is 1.88. The Morgan fingerprint density at radius 3 is 2.59 bits per heavy atom. The van der Waals surface area contributed by atoms with E-state index in [0.717, 1.165) is 6.42 Å². The topological polar surface area (TPSA) is 80.3 Å². The lowest BCUT2D eigenvalue weighted by Gasteiger charge is -2.41. The molecule has 3 atom stereocenters. The molecule has 1 heterocycles. The molecule has 2 rings (SSSR count). The number of piperidine rings is 1. The molecule has 17 heavy (non-hydrogen) atoms. The molecule has 1 spiro atoms. The lowest BCUT2D eigenvalue weighted by atomic mass is 9.69. The summed E-state index contributed by atoms with van der Waals surface area (Å²) in [5.41, 5.74) is -0.674. The molecule has 96 valence electrons. The first kappa shape index (κ1) is 12.5. The van der Waals surface area contributed by atoms with Crippen molar-refractivity contribution >= 4 is 21.7 Å². The summed E-state index contributed by atoms with van der Waals surface area (Å²) in [6.45, 7) is 1.73. The normalized spacial score (nSPS) is 38.5. The van der Waals surface area contributed by atoms with Crippen molar-refractivity contribution < 1.29 is 18.0 Å². The van der Waals surface area contributed by atoms with E-state index in [2.05, 4.69) is 5.32 Å². The lowest BCUT2D eigenvalue weighted by Crippen LogP contribution is -2.55. The van der Waals surface area contributed by atoms with Crippen LogP contribution in [0.3, 0.4) is 0 Å². The minimum Gasteiger partial charge on any atom is -0.296 e. The van der Waals surface area contributed by atoms with Gasteiger partial charge in [0.05, 0.1) is 5.25 Å². The van der Waals surface area contributed by atoms with Gasteiger partial charge in [-0.2, -0.15) is 0 Å². The maximum Gasteiger partial charge on any atom is 0.229 e. The fraction of sp³-hybridized carbons (Fsp3) is 0.818. The first-order valence-electron chi connectivity index (χ1n) is 5.80. The smallest absolute Gasteiger partial charge is 0.229 e. The third-order valence-electron chi connectivity index (χ3n) is 4.27. The number of hydrogen-bond acceptors (Lipinski definition) is 4. The maximum atomic E-state index is 11.8. The van der Waals surface area contributed by atoms with Gasteiger partial charge >= 0.3 is 0 Å². The zero-order valence-electron chi connectivity index (χ0n) is 10.0.